The average Bonchev–Trinajstić information content (AvgIpc) is 2.67. The number of aromatic nitrogens is 2. The van der Waals surface area contributed by atoms with Crippen molar-refractivity contribution in [1.29, 1.82) is 0 Å². The third-order valence-corrected chi connectivity index (χ3v) is 4.97. The molecule has 0 fully saturated rings. The van der Waals surface area contributed by atoms with Gasteiger partial charge in [-0.25, -0.2) is 4.98 Å². The SMILES string of the molecule is CC(NC(=O)CCn1cnc2ccccc2c1=O)c1ccc(C(C)(C)C)cc1. The highest BCUT2D eigenvalue weighted by Gasteiger charge is 2.15. The summed E-state index contributed by atoms with van der Waals surface area (Å²) in [6.07, 6.45) is 1.73. The minimum Gasteiger partial charge on any atom is -0.350 e. The van der Waals surface area contributed by atoms with Gasteiger partial charge in [-0.1, -0.05) is 57.2 Å². The number of hydrogen-bond acceptors (Lipinski definition) is 3. The molecule has 1 N–H and O–H groups in total. The predicted molar refractivity (Wildman–Crippen MR) is 112 cm³/mol. The van der Waals surface area contributed by atoms with Crippen LogP contribution in [0.3, 0.4) is 0 Å². The summed E-state index contributed by atoms with van der Waals surface area (Å²) in [6.45, 7) is 8.80. The van der Waals surface area contributed by atoms with Gasteiger partial charge in [0.25, 0.3) is 5.56 Å². The van der Waals surface area contributed by atoms with Crippen molar-refractivity contribution in [3.63, 3.8) is 0 Å². The van der Waals surface area contributed by atoms with E-state index in [1.807, 2.05) is 19.1 Å². The third kappa shape index (κ3) is 4.47. The first-order valence-electron chi connectivity index (χ1n) is 9.60. The van der Waals surface area contributed by atoms with Crippen LogP contribution in [0.1, 0.15) is 51.3 Å². The van der Waals surface area contributed by atoms with E-state index in [2.05, 4.69) is 55.3 Å². The van der Waals surface area contributed by atoms with Crippen LogP contribution in [0.25, 0.3) is 10.9 Å². The number of nitrogens with zero attached hydrogens (tertiary/aromatic N) is 2. The summed E-state index contributed by atoms with van der Waals surface area (Å²) in [6, 6.07) is 15.5. The van der Waals surface area contributed by atoms with E-state index in [0.29, 0.717) is 17.4 Å². The molecule has 3 rings (SSSR count). The lowest BCUT2D eigenvalue weighted by atomic mass is 9.86. The fourth-order valence-electron chi connectivity index (χ4n) is 3.16. The van der Waals surface area contributed by atoms with Crippen LogP contribution >= 0.6 is 0 Å². The van der Waals surface area contributed by atoms with Crippen LogP contribution in [0, 0.1) is 0 Å². The Morgan fingerprint density at radius 1 is 1.11 bits per heavy atom. The zero-order valence-corrected chi connectivity index (χ0v) is 16.9. The van der Waals surface area contributed by atoms with Crippen LogP contribution in [-0.4, -0.2) is 15.5 Å². The molecule has 1 amide bonds. The maximum absolute atomic E-state index is 12.5. The Balaban J connectivity index is 1.61. The van der Waals surface area contributed by atoms with Crippen LogP contribution in [0.15, 0.2) is 59.7 Å². The molecule has 1 aromatic heterocycles. The summed E-state index contributed by atoms with van der Waals surface area (Å²) in [5, 5.41) is 3.57. The highest BCUT2D eigenvalue weighted by Crippen LogP contribution is 2.23. The van der Waals surface area contributed by atoms with Gasteiger partial charge in [0.05, 0.1) is 23.3 Å². The van der Waals surface area contributed by atoms with E-state index >= 15 is 0 Å². The first-order chi connectivity index (χ1) is 13.3. The number of rotatable bonds is 5. The van der Waals surface area contributed by atoms with Gasteiger partial charge in [-0.05, 0) is 35.6 Å². The summed E-state index contributed by atoms with van der Waals surface area (Å²) in [5.74, 6) is -0.0903. The molecule has 0 bridgehead atoms. The maximum atomic E-state index is 12.5. The van der Waals surface area contributed by atoms with Crippen molar-refractivity contribution in [2.45, 2.75) is 52.1 Å². The molecule has 0 radical (unpaired) electrons. The molecular formula is C23H27N3O2. The van der Waals surface area contributed by atoms with Gasteiger partial charge in [-0.3, -0.25) is 14.2 Å². The van der Waals surface area contributed by atoms with Crippen LogP contribution in [0.5, 0.6) is 0 Å². The van der Waals surface area contributed by atoms with Crippen LogP contribution in [0.2, 0.25) is 0 Å². The molecule has 2 aromatic carbocycles. The first kappa shape index (κ1) is 19.8. The van der Waals surface area contributed by atoms with E-state index < -0.39 is 0 Å². The Hall–Kier alpha value is -2.95. The van der Waals surface area contributed by atoms with Crippen molar-refractivity contribution >= 4 is 16.8 Å². The monoisotopic (exact) mass is 377 g/mol. The van der Waals surface area contributed by atoms with Gasteiger partial charge in [0.2, 0.25) is 5.91 Å². The fraction of sp³-hybridized carbons (Fsp3) is 0.348. The zero-order valence-electron chi connectivity index (χ0n) is 16.9. The molecule has 1 heterocycles. The molecule has 146 valence electrons. The number of nitrogens with one attached hydrogen (secondary N) is 1. The number of amides is 1. The second kappa shape index (κ2) is 7.97. The number of benzene rings is 2. The average molecular weight is 377 g/mol. The number of fused-ring (bicyclic) bond motifs is 1. The highest BCUT2D eigenvalue weighted by atomic mass is 16.2. The number of aryl methyl sites for hydroxylation is 1. The highest BCUT2D eigenvalue weighted by molar-refractivity contribution is 5.77. The smallest absolute Gasteiger partial charge is 0.261 e. The van der Waals surface area contributed by atoms with Gasteiger partial charge in [-0.15, -0.1) is 0 Å². The largest absolute Gasteiger partial charge is 0.350 e. The van der Waals surface area contributed by atoms with E-state index in [1.165, 1.54) is 16.5 Å². The lowest BCUT2D eigenvalue weighted by Gasteiger charge is -2.20. The summed E-state index contributed by atoms with van der Waals surface area (Å²) in [4.78, 5) is 29.1. The number of carbonyl (C=O) groups is 1. The van der Waals surface area contributed by atoms with Gasteiger partial charge in [0.15, 0.2) is 0 Å². The second-order valence-corrected chi connectivity index (χ2v) is 8.17. The molecular weight excluding hydrogens is 350 g/mol. The molecule has 0 aliphatic carbocycles. The molecule has 5 nitrogen and oxygen atoms in total. The van der Waals surface area contributed by atoms with E-state index in [4.69, 9.17) is 0 Å². The van der Waals surface area contributed by atoms with Crippen LogP contribution < -0.4 is 10.9 Å². The van der Waals surface area contributed by atoms with E-state index in [0.717, 1.165) is 5.56 Å². The number of para-hydroxylation sites is 1. The summed E-state index contributed by atoms with van der Waals surface area (Å²) < 4.78 is 1.49. The molecule has 0 aliphatic heterocycles. The summed E-state index contributed by atoms with van der Waals surface area (Å²) in [7, 11) is 0. The third-order valence-electron chi connectivity index (χ3n) is 4.97. The first-order valence-corrected chi connectivity index (χ1v) is 9.60. The van der Waals surface area contributed by atoms with Crippen molar-refractivity contribution in [3.8, 4) is 0 Å². The van der Waals surface area contributed by atoms with Gasteiger partial charge < -0.3 is 5.32 Å². The Morgan fingerprint density at radius 2 is 1.79 bits per heavy atom. The Morgan fingerprint density at radius 3 is 2.46 bits per heavy atom. The summed E-state index contributed by atoms with van der Waals surface area (Å²) >= 11 is 0. The molecule has 1 atom stereocenters. The second-order valence-electron chi connectivity index (χ2n) is 8.17. The lowest BCUT2D eigenvalue weighted by Crippen LogP contribution is -2.29. The Kier molecular flexibility index (Phi) is 5.63. The molecule has 0 spiro atoms. The van der Waals surface area contributed by atoms with Crippen molar-refractivity contribution in [2.24, 2.45) is 0 Å². The zero-order chi connectivity index (χ0) is 20.3. The topological polar surface area (TPSA) is 64.0 Å². The predicted octanol–water partition coefficient (Wildman–Crippen LogP) is 3.96. The molecule has 1 unspecified atom stereocenters. The quantitative estimate of drug-likeness (QED) is 0.732. The maximum Gasteiger partial charge on any atom is 0.261 e. The van der Waals surface area contributed by atoms with Crippen LogP contribution in [-0.2, 0) is 16.8 Å². The minimum absolute atomic E-state index is 0.0898. The summed E-state index contributed by atoms with van der Waals surface area (Å²) in [5.41, 5.74) is 2.97. The Bertz CT molecular complexity index is 1030. The molecule has 0 aliphatic rings. The van der Waals surface area contributed by atoms with E-state index in [1.54, 1.807) is 12.1 Å². The molecule has 5 heteroatoms. The van der Waals surface area contributed by atoms with E-state index in [-0.39, 0.29) is 29.3 Å². The number of carbonyl (C=O) groups excluding carboxylic acids is 1. The van der Waals surface area contributed by atoms with Gasteiger partial charge in [0, 0.05) is 13.0 Å². The standard InChI is InChI=1S/C23H27N3O2/c1-16(17-9-11-18(12-10-17)23(2,3)4)25-21(27)13-14-26-15-24-20-8-6-5-7-19(20)22(26)28/h5-12,15-16H,13-14H2,1-4H3,(H,25,27). The van der Waals surface area contributed by atoms with Crippen molar-refractivity contribution < 1.29 is 4.79 Å². The fourth-order valence-corrected chi connectivity index (χ4v) is 3.16. The molecule has 28 heavy (non-hydrogen) atoms. The van der Waals surface area contributed by atoms with Gasteiger partial charge >= 0.3 is 0 Å². The van der Waals surface area contributed by atoms with Crippen molar-refractivity contribution in [2.75, 3.05) is 0 Å². The van der Waals surface area contributed by atoms with Gasteiger partial charge in [-0.2, -0.15) is 0 Å². The van der Waals surface area contributed by atoms with Crippen LogP contribution in [0.4, 0.5) is 0 Å². The molecule has 0 saturated heterocycles. The minimum atomic E-state index is -0.121. The normalized spacial score (nSPS) is 12.7. The lowest BCUT2D eigenvalue weighted by molar-refractivity contribution is -0.121. The van der Waals surface area contributed by atoms with Gasteiger partial charge in [0.1, 0.15) is 0 Å². The van der Waals surface area contributed by atoms with Crippen molar-refractivity contribution in [1.82, 2.24) is 14.9 Å². The van der Waals surface area contributed by atoms with Crippen molar-refractivity contribution in [3.05, 3.63) is 76.3 Å². The molecule has 0 saturated carbocycles. The van der Waals surface area contributed by atoms with E-state index in [9.17, 15) is 9.59 Å². The Labute approximate surface area is 165 Å². The number of hydrogen-bond donors (Lipinski definition) is 1. The molecule has 3 aromatic rings.